The average Bonchev–Trinajstić information content (AvgIpc) is 3.52. The van der Waals surface area contributed by atoms with Gasteiger partial charge in [-0.3, -0.25) is 14.6 Å². The molecule has 3 aromatic rings. The molecule has 10 nitrogen and oxygen atoms in total. The lowest BCUT2D eigenvalue weighted by Gasteiger charge is -2.32. The normalized spacial score (nSPS) is 26.5. The van der Waals surface area contributed by atoms with Gasteiger partial charge in [0.15, 0.2) is 12.1 Å². The van der Waals surface area contributed by atoms with E-state index in [0.717, 1.165) is 0 Å². The number of amides is 4. The fourth-order valence-corrected chi connectivity index (χ4v) is 5.56. The summed E-state index contributed by atoms with van der Waals surface area (Å²) < 4.78 is -0.275. The van der Waals surface area contributed by atoms with Crippen LogP contribution in [0.2, 0.25) is 0 Å². The predicted molar refractivity (Wildman–Crippen MR) is 123 cm³/mol. The highest BCUT2D eigenvalue weighted by Gasteiger charge is 2.73. The van der Waals surface area contributed by atoms with E-state index in [1.54, 1.807) is 54.7 Å². The van der Waals surface area contributed by atoms with E-state index >= 15 is 0 Å². The van der Waals surface area contributed by atoms with Gasteiger partial charge in [-0.25, -0.2) is 14.2 Å². The molecule has 170 valence electrons. The van der Waals surface area contributed by atoms with Crippen molar-refractivity contribution >= 4 is 40.1 Å². The molecule has 6 rings (SSSR count). The summed E-state index contributed by atoms with van der Waals surface area (Å²) in [7, 11) is 0. The minimum atomic E-state index is -0.756. The molecule has 2 bridgehead atoms. The summed E-state index contributed by atoms with van der Waals surface area (Å²) in [6, 6.07) is 15.3. The molecule has 0 saturated carbocycles. The quantitative estimate of drug-likeness (QED) is 0.463. The number of carbonyl (C=O) groups is 3. The zero-order chi connectivity index (χ0) is 24.3. The highest BCUT2D eigenvalue weighted by Crippen LogP contribution is 2.44. The van der Waals surface area contributed by atoms with E-state index in [2.05, 4.69) is 16.4 Å². The van der Waals surface area contributed by atoms with E-state index in [1.165, 1.54) is 4.90 Å². The van der Waals surface area contributed by atoms with Gasteiger partial charge in [0.2, 0.25) is 0 Å². The van der Waals surface area contributed by atoms with E-state index in [0.29, 0.717) is 46.5 Å². The molecular formula is C25H18N7O3+. The molecule has 4 unspecified atom stereocenters. The standard InChI is InChI=1S/C25H17N7O3/c26-10-15-3-6-17(7-4-15)29-23(33)20-12-30-13-21-24(34)31(25(35)32(20,21)14-30)19-8-5-16(11-27)22-18(19)2-1-9-28-22/h1-9,20-21H,12-14H2/p+1. The van der Waals surface area contributed by atoms with Crippen molar-refractivity contribution in [1.82, 2.24) is 9.88 Å². The van der Waals surface area contributed by atoms with Crippen LogP contribution in [0, 0.1) is 22.7 Å². The number of carbonyl (C=O) groups excluding carboxylic acids is 3. The van der Waals surface area contributed by atoms with Gasteiger partial charge in [-0.1, -0.05) is 0 Å². The molecule has 0 radical (unpaired) electrons. The molecule has 3 saturated heterocycles. The highest BCUT2D eigenvalue weighted by molar-refractivity contribution is 6.22. The molecule has 0 aliphatic carbocycles. The van der Waals surface area contributed by atoms with Gasteiger partial charge in [-0.05, 0) is 48.5 Å². The number of hydrogen-bond acceptors (Lipinski definition) is 7. The first-order valence-corrected chi connectivity index (χ1v) is 11.0. The van der Waals surface area contributed by atoms with Crippen LogP contribution >= 0.6 is 0 Å². The number of aromatic nitrogens is 1. The second-order valence-corrected chi connectivity index (χ2v) is 8.92. The van der Waals surface area contributed by atoms with Crippen molar-refractivity contribution in [2.75, 3.05) is 30.0 Å². The van der Waals surface area contributed by atoms with Crippen molar-refractivity contribution in [2.24, 2.45) is 0 Å². The summed E-state index contributed by atoms with van der Waals surface area (Å²) in [5, 5.41) is 21.8. The van der Waals surface area contributed by atoms with Gasteiger partial charge in [0, 0.05) is 17.3 Å². The van der Waals surface area contributed by atoms with Gasteiger partial charge in [0.05, 0.1) is 41.5 Å². The Morgan fingerprint density at radius 3 is 2.60 bits per heavy atom. The first-order valence-electron chi connectivity index (χ1n) is 11.0. The molecule has 10 heteroatoms. The van der Waals surface area contributed by atoms with Gasteiger partial charge in [-0.2, -0.15) is 15.4 Å². The number of pyridine rings is 1. The fraction of sp³-hybridized carbons (Fsp3) is 0.200. The molecule has 2 aromatic carbocycles. The highest BCUT2D eigenvalue weighted by atomic mass is 16.2. The summed E-state index contributed by atoms with van der Waals surface area (Å²) >= 11 is 0. The van der Waals surface area contributed by atoms with Gasteiger partial charge in [-0.15, -0.1) is 0 Å². The third-order valence-corrected chi connectivity index (χ3v) is 7.15. The zero-order valence-electron chi connectivity index (χ0n) is 18.4. The maximum atomic E-state index is 14.0. The van der Waals surface area contributed by atoms with Gasteiger partial charge >= 0.3 is 6.03 Å². The molecular weight excluding hydrogens is 446 g/mol. The molecule has 4 atom stereocenters. The number of imide groups is 1. The number of nitrogens with zero attached hydrogens (tertiary/aromatic N) is 6. The maximum Gasteiger partial charge on any atom is 0.433 e. The minimum Gasteiger partial charge on any atom is -0.321 e. The van der Waals surface area contributed by atoms with Gasteiger partial charge in [0.1, 0.15) is 12.7 Å². The van der Waals surface area contributed by atoms with Crippen molar-refractivity contribution < 1.29 is 18.9 Å². The van der Waals surface area contributed by atoms with Crippen LogP contribution in [0.1, 0.15) is 11.1 Å². The molecule has 35 heavy (non-hydrogen) atoms. The topological polar surface area (TPSA) is 130 Å². The summed E-state index contributed by atoms with van der Waals surface area (Å²) in [4.78, 5) is 48.3. The average molecular weight is 464 g/mol. The number of benzene rings is 2. The predicted octanol–water partition coefficient (Wildman–Crippen LogP) is 1.92. The van der Waals surface area contributed by atoms with Crippen molar-refractivity contribution in [3.8, 4) is 12.1 Å². The number of nitriles is 2. The van der Waals surface area contributed by atoms with Gasteiger partial charge < -0.3 is 5.32 Å². The molecule has 3 fully saturated rings. The van der Waals surface area contributed by atoms with Crippen LogP contribution in [-0.2, 0) is 9.59 Å². The van der Waals surface area contributed by atoms with Crippen molar-refractivity contribution in [2.45, 2.75) is 12.1 Å². The van der Waals surface area contributed by atoms with Crippen molar-refractivity contribution in [3.05, 3.63) is 65.9 Å². The first-order chi connectivity index (χ1) is 17.0. The Bertz CT molecular complexity index is 1520. The number of quaternary nitrogens is 1. The molecule has 4 amide bonds. The summed E-state index contributed by atoms with van der Waals surface area (Å²) in [5.41, 5.74) is 2.12. The second kappa shape index (κ2) is 7.43. The Morgan fingerprint density at radius 1 is 1.06 bits per heavy atom. The van der Waals surface area contributed by atoms with Crippen LogP contribution < -0.4 is 10.2 Å². The lowest BCUT2D eigenvalue weighted by molar-refractivity contribution is -0.852. The summed E-state index contributed by atoms with van der Waals surface area (Å²) in [5.74, 6) is -0.709. The van der Waals surface area contributed by atoms with Crippen LogP contribution in [0.5, 0.6) is 0 Å². The smallest absolute Gasteiger partial charge is 0.321 e. The van der Waals surface area contributed by atoms with Crippen LogP contribution in [0.3, 0.4) is 0 Å². The monoisotopic (exact) mass is 464 g/mol. The fourth-order valence-electron chi connectivity index (χ4n) is 5.56. The third-order valence-electron chi connectivity index (χ3n) is 7.15. The third kappa shape index (κ3) is 2.81. The number of nitrogens with one attached hydrogen (secondary N) is 1. The summed E-state index contributed by atoms with van der Waals surface area (Å²) in [6.45, 7) is 1.04. The van der Waals surface area contributed by atoms with E-state index in [9.17, 15) is 19.6 Å². The number of hydrogen-bond donors (Lipinski definition) is 1. The van der Waals surface area contributed by atoms with Crippen LogP contribution in [0.15, 0.2) is 54.7 Å². The zero-order valence-corrected chi connectivity index (χ0v) is 18.4. The molecule has 1 spiro atoms. The van der Waals surface area contributed by atoms with Crippen LogP contribution in [0.25, 0.3) is 10.9 Å². The largest absolute Gasteiger partial charge is 0.433 e. The van der Waals surface area contributed by atoms with E-state index < -0.39 is 18.1 Å². The van der Waals surface area contributed by atoms with Gasteiger partial charge in [0.25, 0.3) is 11.8 Å². The number of urea groups is 1. The van der Waals surface area contributed by atoms with E-state index in [-0.39, 0.29) is 23.0 Å². The number of rotatable bonds is 3. The number of fused-ring (bicyclic) bond motifs is 2. The van der Waals surface area contributed by atoms with E-state index in [4.69, 9.17) is 5.26 Å². The Morgan fingerprint density at radius 2 is 1.86 bits per heavy atom. The second-order valence-electron chi connectivity index (χ2n) is 8.92. The maximum absolute atomic E-state index is 14.0. The minimum absolute atomic E-state index is 0.275. The SMILES string of the molecule is N#Cc1ccc(NC(=O)C2CN3CC4C(=O)N(c5ccc(C#N)c6ncccc56)C(=O)[N+]24C3)cc1. The van der Waals surface area contributed by atoms with Crippen molar-refractivity contribution in [3.63, 3.8) is 0 Å². The Hall–Kier alpha value is -4.64. The number of anilines is 2. The molecule has 1 aromatic heterocycles. The molecule has 1 N–H and O–H groups in total. The van der Waals surface area contributed by atoms with Crippen molar-refractivity contribution in [1.29, 1.82) is 10.5 Å². The number of piperazine rings is 1. The summed E-state index contributed by atoms with van der Waals surface area (Å²) in [6.07, 6.45) is 1.56. The Labute approximate surface area is 199 Å². The molecule has 4 heterocycles. The van der Waals surface area contributed by atoms with Crippen LogP contribution in [0.4, 0.5) is 16.2 Å². The molecule has 3 aliphatic heterocycles. The lowest BCUT2D eigenvalue weighted by Crippen LogP contribution is -2.63. The van der Waals surface area contributed by atoms with E-state index in [1.807, 2.05) is 11.0 Å². The van der Waals surface area contributed by atoms with Crippen LogP contribution in [-0.4, -0.2) is 64.1 Å². The molecule has 3 aliphatic rings. The Kier molecular flexibility index (Phi) is 4.45. The first kappa shape index (κ1) is 20.9. The lowest BCUT2D eigenvalue weighted by atomic mass is 10.1. The Balaban J connectivity index is 1.38.